The molecule has 5 heteroatoms. The molecule has 0 bridgehead atoms. The molecular formula is C7H13IO4. The van der Waals surface area contributed by atoms with Crippen molar-refractivity contribution in [3.8, 4) is 0 Å². The van der Waals surface area contributed by atoms with E-state index in [1.165, 1.54) is 6.92 Å². The van der Waals surface area contributed by atoms with Crippen molar-refractivity contribution in [1.29, 1.82) is 0 Å². The standard InChI is InChI=1S/C7H13IO4/c1-7(9)12-11-6-5-10-4-2-3-8/h2-6H2,1H3. The first kappa shape index (κ1) is 12.1. The number of hydrogen-bond acceptors (Lipinski definition) is 4. The van der Waals surface area contributed by atoms with Gasteiger partial charge in [-0.2, -0.15) is 4.89 Å². The fraction of sp³-hybridized carbons (Fsp3) is 0.857. The van der Waals surface area contributed by atoms with Crippen LogP contribution in [-0.2, 0) is 19.3 Å². The maximum Gasteiger partial charge on any atom is 0.339 e. The predicted molar refractivity (Wildman–Crippen MR) is 52.0 cm³/mol. The van der Waals surface area contributed by atoms with E-state index in [0.29, 0.717) is 13.2 Å². The second kappa shape index (κ2) is 9.21. The van der Waals surface area contributed by atoms with Crippen LogP contribution in [0.25, 0.3) is 0 Å². The third-order valence-corrected chi connectivity index (χ3v) is 1.67. The number of ether oxygens (including phenoxy) is 1. The molecule has 0 saturated carbocycles. The first-order valence-corrected chi connectivity index (χ1v) is 5.23. The van der Waals surface area contributed by atoms with Gasteiger partial charge in [-0.15, -0.1) is 0 Å². The monoisotopic (exact) mass is 288 g/mol. The van der Waals surface area contributed by atoms with E-state index in [4.69, 9.17) is 4.74 Å². The average Bonchev–Trinajstić information content (AvgIpc) is 2.02. The molecule has 4 nitrogen and oxygen atoms in total. The molecule has 12 heavy (non-hydrogen) atoms. The van der Waals surface area contributed by atoms with Crippen molar-refractivity contribution in [2.45, 2.75) is 13.3 Å². The molecule has 0 aromatic rings. The van der Waals surface area contributed by atoms with Gasteiger partial charge in [-0.3, -0.25) is 4.89 Å². The van der Waals surface area contributed by atoms with Crippen LogP contribution in [-0.4, -0.2) is 30.2 Å². The number of alkyl halides is 1. The highest BCUT2D eigenvalue weighted by molar-refractivity contribution is 14.1. The van der Waals surface area contributed by atoms with Gasteiger partial charge in [0.05, 0.1) is 6.61 Å². The van der Waals surface area contributed by atoms with Crippen molar-refractivity contribution in [1.82, 2.24) is 0 Å². The first-order chi connectivity index (χ1) is 5.77. The number of halogens is 1. The van der Waals surface area contributed by atoms with Gasteiger partial charge < -0.3 is 4.74 Å². The van der Waals surface area contributed by atoms with Gasteiger partial charge in [0.25, 0.3) is 0 Å². The predicted octanol–water partition coefficient (Wildman–Crippen LogP) is 1.32. The minimum atomic E-state index is -0.442. The van der Waals surface area contributed by atoms with Crippen LogP contribution in [0.4, 0.5) is 0 Å². The van der Waals surface area contributed by atoms with E-state index in [1.807, 2.05) is 0 Å². The molecule has 0 radical (unpaired) electrons. The smallest absolute Gasteiger partial charge is 0.339 e. The zero-order valence-electron chi connectivity index (χ0n) is 7.05. The Morgan fingerprint density at radius 2 is 2.08 bits per heavy atom. The highest BCUT2D eigenvalue weighted by Crippen LogP contribution is 1.89. The molecule has 0 N–H and O–H groups in total. The van der Waals surface area contributed by atoms with Crippen LogP contribution in [0.5, 0.6) is 0 Å². The second-order valence-corrected chi connectivity index (χ2v) is 3.13. The summed E-state index contributed by atoms with van der Waals surface area (Å²) in [5.41, 5.74) is 0. The van der Waals surface area contributed by atoms with E-state index >= 15 is 0 Å². The van der Waals surface area contributed by atoms with Crippen LogP contribution >= 0.6 is 22.6 Å². The maximum absolute atomic E-state index is 10.2. The van der Waals surface area contributed by atoms with Crippen LogP contribution in [0, 0.1) is 0 Å². The van der Waals surface area contributed by atoms with Crippen LogP contribution in [0.1, 0.15) is 13.3 Å². The van der Waals surface area contributed by atoms with Gasteiger partial charge in [0.1, 0.15) is 6.61 Å². The van der Waals surface area contributed by atoms with Gasteiger partial charge in [-0.05, 0) is 6.42 Å². The van der Waals surface area contributed by atoms with Crippen molar-refractivity contribution in [3.63, 3.8) is 0 Å². The molecule has 0 fully saturated rings. The summed E-state index contributed by atoms with van der Waals surface area (Å²) in [5, 5.41) is 0. The molecule has 0 rings (SSSR count). The molecule has 0 saturated heterocycles. The van der Waals surface area contributed by atoms with E-state index in [9.17, 15) is 4.79 Å². The fourth-order valence-electron chi connectivity index (χ4n) is 0.476. The molecule has 0 heterocycles. The highest BCUT2D eigenvalue weighted by atomic mass is 127. The normalized spacial score (nSPS) is 9.83. The molecule has 0 aromatic heterocycles. The summed E-state index contributed by atoms with van der Waals surface area (Å²) >= 11 is 2.28. The fourth-order valence-corrected chi connectivity index (χ4v) is 0.788. The van der Waals surface area contributed by atoms with Crippen LogP contribution < -0.4 is 0 Å². The molecule has 72 valence electrons. The number of carbonyl (C=O) groups excluding carboxylic acids is 1. The number of rotatable bonds is 7. The number of hydrogen-bond donors (Lipinski definition) is 0. The van der Waals surface area contributed by atoms with Gasteiger partial charge in [0, 0.05) is 18.0 Å². The van der Waals surface area contributed by atoms with Crippen molar-refractivity contribution >= 4 is 28.6 Å². The third-order valence-electron chi connectivity index (χ3n) is 0.910. The Labute approximate surface area is 85.6 Å². The molecule has 0 aliphatic heterocycles. The summed E-state index contributed by atoms with van der Waals surface area (Å²) in [4.78, 5) is 18.9. The first-order valence-electron chi connectivity index (χ1n) is 3.71. The molecule has 0 spiro atoms. The van der Waals surface area contributed by atoms with Crippen molar-refractivity contribution in [2.24, 2.45) is 0 Å². The molecule has 0 unspecified atom stereocenters. The van der Waals surface area contributed by atoms with Gasteiger partial charge in [-0.1, -0.05) is 22.6 Å². The van der Waals surface area contributed by atoms with Crippen molar-refractivity contribution in [2.75, 3.05) is 24.2 Å². The summed E-state index contributed by atoms with van der Waals surface area (Å²) in [6.07, 6.45) is 1.04. The zero-order chi connectivity index (χ0) is 9.23. The number of carbonyl (C=O) groups is 1. The molecule has 0 aromatic carbocycles. The third kappa shape index (κ3) is 10.1. The van der Waals surface area contributed by atoms with Crippen LogP contribution in [0.15, 0.2) is 0 Å². The van der Waals surface area contributed by atoms with E-state index in [-0.39, 0.29) is 0 Å². The lowest BCUT2D eigenvalue weighted by Gasteiger charge is -2.02. The Morgan fingerprint density at radius 3 is 2.67 bits per heavy atom. The summed E-state index contributed by atoms with van der Waals surface area (Å²) < 4.78 is 6.22. The molecule has 0 aliphatic rings. The zero-order valence-corrected chi connectivity index (χ0v) is 9.20. The summed E-state index contributed by atoms with van der Waals surface area (Å²) in [6.45, 7) is 2.77. The largest absolute Gasteiger partial charge is 0.379 e. The Hall–Kier alpha value is 0.120. The summed E-state index contributed by atoms with van der Waals surface area (Å²) in [7, 11) is 0. The lowest BCUT2D eigenvalue weighted by Crippen LogP contribution is -2.08. The van der Waals surface area contributed by atoms with Crippen molar-refractivity contribution < 1.29 is 19.3 Å². The lowest BCUT2D eigenvalue weighted by atomic mass is 10.5. The lowest BCUT2D eigenvalue weighted by molar-refractivity contribution is -0.274. The van der Waals surface area contributed by atoms with Crippen LogP contribution in [0.3, 0.4) is 0 Å². The Bertz CT molecular complexity index is 118. The topological polar surface area (TPSA) is 44.8 Å². The Morgan fingerprint density at radius 1 is 1.33 bits per heavy atom. The van der Waals surface area contributed by atoms with Gasteiger partial charge in [0.2, 0.25) is 0 Å². The SMILES string of the molecule is CC(=O)OOCCOCCCI. The summed E-state index contributed by atoms with van der Waals surface area (Å²) in [6, 6.07) is 0. The van der Waals surface area contributed by atoms with Crippen LogP contribution in [0.2, 0.25) is 0 Å². The quantitative estimate of drug-likeness (QED) is 0.233. The van der Waals surface area contributed by atoms with E-state index < -0.39 is 5.97 Å². The molecule has 0 atom stereocenters. The second-order valence-electron chi connectivity index (χ2n) is 2.05. The van der Waals surface area contributed by atoms with Gasteiger partial charge >= 0.3 is 5.97 Å². The van der Waals surface area contributed by atoms with E-state index in [0.717, 1.165) is 17.5 Å². The highest BCUT2D eigenvalue weighted by Gasteiger charge is 1.93. The van der Waals surface area contributed by atoms with E-state index in [2.05, 4.69) is 32.4 Å². The van der Waals surface area contributed by atoms with Gasteiger partial charge in [0.15, 0.2) is 0 Å². The average molecular weight is 288 g/mol. The Balaban J connectivity index is 2.86. The van der Waals surface area contributed by atoms with E-state index in [1.54, 1.807) is 0 Å². The Kier molecular flexibility index (Phi) is 9.30. The summed E-state index contributed by atoms with van der Waals surface area (Å²) in [5.74, 6) is -0.442. The van der Waals surface area contributed by atoms with Crippen molar-refractivity contribution in [3.05, 3.63) is 0 Å². The molecular weight excluding hydrogens is 275 g/mol. The van der Waals surface area contributed by atoms with Gasteiger partial charge in [-0.25, -0.2) is 4.79 Å². The minimum Gasteiger partial charge on any atom is -0.379 e. The maximum atomic E-state index is 10.2. The molecule has 0 aliphatic carbocycles. The minimum absolute atomic E-state index is 0.292. The molecule has 0 amide bonds.